The first-order valence-electron chi connectivity index (χ1n) is 10.7. The fourth-order valence-electron chi connectivity index (χ4n) is 3.12. The van der Waals surface area contributed by atoms with Crippen LogP contribution < -0.4 is 5.32 Å². The van der Waals surface area contributed by atoms with Crippen molar-refractivity contribution in [3.63, 3.8) is 0 Å². The van der Waals surface area contributed by atoms with Crippen LogP contribution in [0.2, 0.25) is 0 Å². The first kappa shape index (κ1) is 24.7. The minimum absolute atomic E-state index is 0.0575. The van der Waals surface area contributed by atoms with E-state index in [1.165, 1.54) is 57.4 Å². The highest BCUT2D eigenvalue weighted by molar-refractivity contribution is 5.81. The van der Waals surface area contributed by atoms with Gasteiger partial charge in [0.15, 0.2) is 0 Å². The molecule has 0 saturated carbocycles. The summed E-state index contributed by atoms with van der Waals surface area (Å²) in [7, 11) is 1.69. The lowest BCUT2D eigenvalue weighted by Crippen LogP contribution is -2.17. The minimum atomic E-state index is -0.290. The summed E-state index contributed by atoms with van der Waals surface area (Å²) in [6.07, 6.45) is 18.2. The quantitative estimate of drug-likeness (QED) is 0.192. The van der Waals surface area contributed by atoms with E-state index in [-0.39, 0.29) is 18.0 Å². The molecule has 1 amide bonds. The van der Waals surface area contributed by atoms with Crippen molar-refractivity contribution in [2.24, 2.45) is 0 Å². The number of carbonyl (C=O) groups is 2. The van der Waals surface area contributed by atoms with Crippen LogP contribution in [0.5, 0.6) is 0 Å². The fraction of sp³-hybridized carbons (Fsp3) is 0.818. The van der Waals surface area contributed by atoms with Gasteiger partial charge in [0.25, 0.3) is 0 Å². The third-order valence-electron chi connectivity index (χ3n) is 4.79. The average molecular weight is 368 g/mol. The van der Waals surface area contributed by atoms with Crippen molar-refractivity contribution in [1.82, 2.24) is 5.32 Å². The Labute approximate surface area is 161 Å². The maximum Gasteiger partial charge on any atom is 0.330 e. The van der Waals surface area contributed by atoms with Crippen LogP contribution in [0.15, 0.2) is 12.7 Å². The molecule has 0 aliphatic carbocycles. The van der Waals surface area contributed by atoms with Crippen LogP contribution in [0, 0.1) is 0 Å². The van der Waals surface area contributed by atoms with Crippen molar-refractivity contribution in [3.05, 3.63) is 12.7 Å². The van der Waals surface area contributed by atoms with Crippen LogP contribution in [0.25, 0.3) is 0 Å². The molecule has 0 fully saturated rings. The molecule has 0 rings (SSSR count). The van der Waals surface area contributed by atoms with Crippen LogP contribution in [-0.2, 0) is 14.3 Å². The molecular weight excluding hydrogens is 326 g/mol. The number of unbranched alkanes of at least 4 members (excludes halogenated alkanes) is 10. The van der Waals surface area contributed by atoms with Gasteiger partial charge >= 0.3 is 5.97 Å². The Bertz CT molecular complexity index is 368. The highest BCUT2D eigenvalue weighted by Crippen LogP contribution is 2.17. The Hall–Kier alpha value is -1.32. The number of amides is 1. The number of nitrogens with one attached hydrogen (secondary N) is 1. The Morgan fingerprint density at radius 2 is 1.38 bits per heavy atom. The van der Waals surface area contributed by atoms with Crippen LogP contribution in [0.3, 0.4) is 0 Å². The van der Waals surface area contributed by atoms with E-state index in [9.17, 15) is 9.59 Å². The SMILES string of the molecule is C=CC(=O)OC(CCCCCC)CCCCCCCCCCC(=O)NC. The number of esters is 1. The van der Waals surface area contributed by atoms with Gasteiger partial charge in [-0.15, -0.1) is 0 Å². The van der Waals surface area contributed by atoms with Crippen LogP contribution in [0.4, 0.5) is 0 Å². The second-order valence-electron chi connectivity index (χ2n) is 7.15. The maximum absolute atomic E-state index is 11.5. The van der Waals surface area contributed by atoms with E-state index in [2.05, 4.69) is 18.8 Å². The van der Waals surface area contributed by atoms with Gasteiger partial charge in [-0.2, -0.15) is 0 Å². The van der Waals surface area contributed by atoms with E-state index in [0.29, 0.717) is 6.42 Å². The first-order chi connectivity index (χ1) is 12.6. The molecule has 1 atom stereocenters. The van der Waals surface area contributed by atoms with Crippen molar-refractivity contribution in [2.45, 2.75) is 109 Å². The molecule has 0 saturated heterocycles. The predicted molar refractivity (Wildman–Crippen MR) is 109 cm³/mol. The lowest BCUT2D eigenvalue weighted by atomic mass is 10.0. The van der Waals surface area contributed by atoms with Crippen molar-refractivity contribution < 1.29 is 14.3 Å². The molecule has 0 bridgehead atoms. The van der Waals surface area contributed by atoms with Crippen LogP contribution >= 0.6 is 0 Å². The molecule has 26 heavy (non-hydrogen) atoms. The zero-order valence-corrected chi connectivity index (χ0v) is 17.2. The Morgan fingerprint density at radius 1 is 0.885 bits per heavy atom. The molecule has 0 aromatic carbocycles. The van der Waals surface area contributed by atoms with Crippen molar-refractivity contribution >= 4 is 11.9 Å². The summed E-state index contributed by atoms with van der Waals surface area (Å²) in [5, 5.41) is 2.66. The summed E-state index contributed by atoms with van der Waals surface area (Å²) in [4.78, 5) is 22.6. The molecule has 4 heteroatoms. The zero-order chi connectivity index (χ0) is 19.5. The molecule has 1 N–H and O–H groups in total. The number of ether oxygens (including phenoxy) is 1. The molecule has 4 nitrogen and oxygen atoms in total. The minimum Gasteiger partial charge on any atom is -0.459 e. The molecule has 1 unspecified atom stereocenters. The highest BCUT2D eigenvalue weighted by Gasteiger charge is 2.12. The monoisotopic (exact) mass is 367 g/mol. The van der Waals surface area contributed by atoms with E-state index in [1.807, 2.05) is 0 Å². The molecule has 0 radical (unpaired) electrons. The molecule has 0 spiro atoms. The lowest BCUT2D eigenvalue weighted by molar-refractivity contribution is -0.143. The normalized spacial score (nSPS) is 11.8. The largest absolute Gasteiger partial charge is 0.459 e. The summed E-state index contributed by atoms with van der Waals surface area (Å²) in [5.41, 5.74) is 0. The van der Waals surface area contributed by atoms with Crippen LogP contribution in [-0.4, -0.2) is 25.0 Å². The van der Waals surface area contributed by atoms with E-state index < -0.39 is 0 Å². The fourth-order valence-corrected chi connectivity index (χ4v) is 3.12. The molecule has 0 aliphatic heterocycles. The number of rotatable bonds is 18. The molecule has 152 valence electrons. The molecule has 0 aliphatic rings. The van der Waals surface area contributed by atoms with Gasteiger partial charge in [-0.05, 0) is 32.1 Å². The summed E-state index contributed by atoms with van der Waals surface area (Å²) < 4.78 is 5.49. The van der Waals surface area contributed by atoms with Crippen molar-refractivity contribution in [3.8, 4) is 0 Å². The van der Waals surface area contributed by atoms with E-state index >= 15 is 0 Å². The summed E-state index contributed by atoms with van der Waals surface area (Å²) in [6, 6.07) is 0. The van der Waals surface area contributed by atoms with Gasteiger partial charge in [0, 0.05) is 19.5 Å². The van der Waals surface area contributed by atoms with Gasteiger partial charge in [-0.1, -0.05) is 71.3 Å². The zero-order valence-electron chi connectivity index (χ0n) is 17.2. The van der Waals surface area contributed by atoms with Gasteiger partial charge in [0.05, 0.1) is 0 Å². The van der Waals surface area contributed by atoms with E-state index in [4.69, 9.17) is 4.74 Å². The number of hydrogen-bond acceptors (Lipinski definition) is 3. The number of carbonyl (C=O) groups excluding carboxylic acids is 2. The summed E-state index contributed by atoms with van der Waals surface area (Å²) in [5.74, 6) is -0.145. The molecule has 0 aromatic rings. The van der Waals surface area contributed by atoms with Crippen molar-refractivity contribution in [1.29, 1.82) is 0 Å². The Morgan fingerprint density at radius 3 is 1.88 bits per heavy atom. The van der Waals surface area contributed by atoms with Gasteiger partial charge in [-0.3, -0.25) is 4.79 Å². The van der Waals surface area contributed by atoms with Gasteiger partial charge in [0.2, 0.25) is 5.91 Å². The third-order valence-corrected chi connectivity index (χ3v) is 4.79. The van der Waals surface area contributed by atoms with Crippen molar-refractivity contribution in [2.75, 3.05) is 7.05 Å². The standard InChI is InChI=1S/C22H41NO3/c1-4-6-7-14-17-20(26-22(25)5-2)18-15-12-10-8-9-11-13-16-19-21(24)23-3/h5,20H,2,4,6-19H2,1,3H3,(H,23,24). The maximum atomic E-state index is 11.5. The van der Waals surface area contributed by atoms with Gasteiger partial charge < -0.3 is 10.1 Å². The number of hydrogen-bond donors (Lipinski definition) is 1. The molecular formula is C22H41NO3. The van der Waals surface area contributed by atoms with E-state index in [0.717, 1.165) is 38.5 Å². The summed E-state index contributed by atoms with van der Waals surface area (Å²) in [6.45, 7) is 5.70. The second-order valence-corrected chi connectivity index (χ2v) is 7.15. The molecule has 0 aromatic heterocycles. The van der Waals surface area contributed by atoms with Gasteiger partial charge in [0.1, 0.15) is 6.10 Å². The Kier molecular flexibility index (Phi) is 17.5. The van der Waals surface area contributed by atoms with E-state index in [1.54, 1.807) is 7.05 Å². The second kappa shape index (κ2) is 18.5. The average Bonchev–Trinajstić information content (AvgIpc) is 2.65. The van der Waals surface area contributed by atoms with Gasteiger partial charge in [-0.25, -0.2) is 4.79 Å². The topological polar surface area (TPSA) is 55.4 Å². The third kappa shape index (κ3) is 16.2. The highest BCUT2D eigenvalue weighted by atomic mass is 16.5. The van der Waals surface area contributed by atoms with Crippen LogP contribution in [0.1, 0.15) is 103 Å². The predicted octanol–water partition coefficient (Wildman–Crippen LogP) is 5.70. The molecule has 0 heterocycles. The smallest absolute Gasteiger partial charge is 0.330 e. The summed E-state index contributed by atoms with van der Waals surface area (Å²) >= 11 is 0. The lowest BCUT2D eigenvalue weighted by Gasteiger charge is -2.17. The Balaban J connectivity index is 3.65. The first-order valence-corrected chi connectivity index (χ1v) is 10.7.